The number of amides is 2. The summed E-state index contributed by atoms with van der Waals surface area (Å²) >= 11 is 1.45. The molecule has 2 aromatic carbocycles. The monoisotopic (exact) mass is 385 g/mol. The van der Waals surface area contributed by atoms with Crippen molar-refractivity contribution in [1.82, 2.24) is 9.88 Å². The molecule has 2 N–H and O–H groups in total. The maximum atomic E-state index is 12.7. The highest BCUT2D eigenvalue weighted by atomic mass is 32.1. The second kappa shape index (κ2) is 8.83. The molecule has 2 amide bonds. The average Bonchev–Trinajstić information content (AvgIpc) is 3.09. The Morgan fingerprint density at radius 2 is 2.11 bits per heavy atom. The van der Waals surface area contributed by atoms with Gasteiger partial charge in [-0.25, -0.2) is 9.78 Å². The normalized spacial score (nSPS) is 10.8. The lowest BCUT2D eigenvalue weighted by Crippen LogP contribution is -2.36. The van der Waals surface area contributed by atoms with Gasteiger partial charge >= 0.3 is 6.03 Å². The molecule has 0 aliphatic rings. The lowest BCUT2D eigenvalue weighted by molar-refractivity contribution is 0.184. The van der Waals surface area contributed by atoms with E-state index in [0.29, 0.717) is 17.4 Å². The number of hydrogen-bond acceptors (Lipinski definition) is 5. The van der Waals surface area contributed by atoms with Gasteiger partial charge in [0.05, 0.1) is 30.5 Å². The van der Waals surface area contributed by atoms with Crippen LogP contribution >= 0.6 is 11.3 Å². The lowest BCUT2D eigenvalue weighted by Gasteiger charge is -2.22. The highest BCUT2D eigenvalue weighted by Gasteiger charge is 2.17. The summed E-state index contributed by atoms with van der Waals surface area (Å²) in [5, 5.41) is 12.8. The molecule has 0 radical (unpaired) electrons. The summed E-state index contributed by atoms with van der Waals surface area (Å²) in [5.74, 6) is 0.709. The predicted octanol–water partition coefficient (Wildman–Crippen LogP) is 3.89. The summed E-state index contributed by atoms with van der Waals surface area (Å²) in [7, 11) is 1.60. The van der Waals surface area contributed by atoms with Crippen molar-refractivity contribution in [3.63, 3.8) is 0 Å². The molecule has 0 fully saturated rings. The number of urea groups is 1. The van der Waals surface area contributed by atoms with Gasteiger partial charge in [-0.3, -0.25) is 5.32 Å². The number of nitrogens with one attached hydrogen (secondary N) is 1. The van der Waals surface area contributed by atoms with E-state index in [1.54, 1.807) is 12.0 Å². The van der Waals surface area contributed by atoms with Gasteiger partial charge in [-0.15, -0.1) is 0 Å². The summed E-state index contributed by atoms with van der Waals surface area (Å²) in [4.78, 5) is 18.8. The van der Waals surface area contributed by atoms with Crippen LogP contribution in [-0.4, -0.2) is 41.3 Å². The fourth-order valence-electron chi connectivity index (χ4n) is 2.83. The zero-order valence-electron chi connectivity index (χ0n) is 15.4. The quantitative estimate of drug-likeness (QED) is 0.647. The third-order valence-corrected chi connectivity index (χ3v) is 5.22. The number of methoxy groups -OCH3 is 1. The minimum Gasteiger partial charge on any atom is -0.496 e. The van der Waals surface area contributed by atoms with E-state index in [-0.39, 0.29) is 19.2 Å². The van der Waals surface area contributed by atoms with E-state index in [9.17, 15) is 9.90 Å². The highest BCUT2D eigenvalue weighted by molar-refractivity contribution is 7.22. The van der Waals surface area contributed by atoms with Crippen molar-refractivity contribution < 1.29 is 14.6 Å². The van der Waals surface area contributed by atoms with Gasteiger partial charge in [0.25, 0.3) is 0 Å². The molecule has 27 heavy (non-hydrogen) atoms. The number of aliphatic hydroxyl groups is 1. The Labute approximate surface area is 162 Å². The molecule has 0 spiro atoms. The van der Waals surface area contributed by atoms with E-state index in [1.807, 2.05) is 36.4 Å². The maximum Gasteiger partial charge on any atom is 0.324 e. The molecule has 142 valence electrons. The average molecular weight is 385 g/mol. The summed E-state index contributed by atoms with van der Waals surface area (Å²) in [6.45, 7) is 2.54. The number of rotatable bonds is 7. The summed E-state index contributed by atoms with van der Waals surface area (Å²) in [6, 6.07) is 13.3. The first-order chi connectivity index (χ1) is 13.1. The standard InChI is InChI=1S/C20H23N3O3S/c1-3-14-8-9-16-18(12-14)27-19(21-16)22-20(25)23(10-11-24)13-15-6-4-5-7-17(15)26-2/h4-9,12,24H,3,10-11,13H2,1-2H3,(H,21,22,25). The Hall–Kier alpha value is -2.64. The molecule has 7 heteroatoms. The van der Waals surface area contributed by atoms with Gasteiger partial charge in [0.2, 0.25) is 0 Å². The molecular formula is C20H23N3O3S. The molecule has 0 aliphatic heterocycles. The molecule has 0 atom stereocenters. The van der Waals surface area contributed by atoms with E-state index in [1.165, 1.54) is 16.9 Å². The molecule has 1 heterocycles. The number of anilines is 1. The third-order valence-electron chi connectivity index (χ3n) is 4.29. The van der Waals surface area contributed by atoms with E-state index >= 15 is 0 Å². The van der Waals surface area contributed by atoms with Crippen molar-refractivity contribution in [2.45, 2.75) is 19.9 Å². The number of aromatic nitrogens is 1. The Balaban J connectivity index is 1.77. The number of carbonyl (C=O) groups is 1. The van der Waals surface area contributed by atoms with E-state index in [4.69, 9.17) is 4.74 Å². The number of thiazole rings is 1. The van der Waals surface area contributed by atoms with Crippen LogP contribution in [0.2, 0.25) is 0 Å². The Morgan fingerprint density at radius 1 is 1.30 bits per heavy atom. The number of ether oxygens (including phenoxy) is 1. The van der Waals surface area contributed by atoms with Gasteiger partial charge in [0, 0.05) is 12.1 Å². The molecule has 0 unspecified atom stereocenters. The van der Waals surface area contributed by atoms with Crippen LogP contribution in [0.25, 0.3) is 10.2 Å². The second-order valence-electron chi connectivity index (χ2n) is 6.06. The van der Waals surface area contributed by atoms with Crippen molar-refractivity contribution in [3.05, 3.63) is 53.6 Å². The molecule has 0 aliphatic carbocycles. The van der Waals surface area contributed by atoms with Crippen molar-refractivity contribution in [2.75, 3.05) is 25.6 Å². The summed E-state index contributed by atoms with van der Waals surface area (Å²) in [6.07, 6.45) is 0.957. The SMILES string of the molecule is CCc1ccc2nc(NC(=O)N(CCO)Cc3ccccc3OC)sc2c1. The number of benzene rings is 2. The van der Waals surface area contributed by atoms with Crippen LogP contribution in [-0.2, 0) is 13.0 Å². The van der Waals surface area contributed by atoms with Crippen molar-refractivity contribution in [1.29, 1.82) is 0 Å². The molecular weight excluding hydrogens is 362 g/mol. The first-order valence-corrected chi connectivity index (χ1v) is 9.64. The van der Waals surface area contributed by atoms with Crippen LogP contribution in [0.15, 0.2) is 42.5 Å². The maximum absolute atomic E-state index is 12.7. The van der Waals surface area contributed by atoms with Gasteiger partial charge in [-0.05, 0) is 30.2 Å². The fourth-order valence-corrected chi connectivity index (χ4v) is 3.74. The number of nitrogens with zero attached hydrogens (tertiary/aromatic N) is 2. The van der Waals surface area contributed by atoms with Crippen molar-refractivity contribution >= 4 is 32.7 Å². The molecule has 6 nitrogen and oxygen atoms in total. The van der Waals surface area contributed by atoms with Crippen LogP contribution in [0.4, 0.5) is 9.93 Å². The van der Waals surface area contributed by atoms with Crippen LogP contribution in [0, 0.1) is 0 Å². The number of aliphatic hydroxyl groups excluding tert-OH is 1. The number of fused-ring (bicyclic) bond motifs is 1. The predicted molar refractivity (Wildman–Crippen MR) is 109 cm³/mol. The van der Waals surface area contributed by atoms with E-state index in [0.717, 1.165) is 22.2 Å². The second-order valence-corrected chi connectivity index (χ2v) is 7.09. The lowest BCUT2D eigenvalue weighted by atomic mass is 10.2. The van der Waals surface area contributed by atoms with Gasteiger partial charge in [-0.1, -0.05) is 42.5 Å². The first kappa shape index (κ1) is 19.1. The van der Waals surface area contributed by atoms with Gasteiger partial charge in [0.1, 0.15) is 5.75 Å². The number of aryl methyl sites for hydroxylation is 1. The van der Waals surface area contributed by atoms with Gasteiger partial charge in [-0.2, -0.15) is 0 Å². The minimum atomic E-state index is -0.301. The number of hydrogen-bond donors (Lipinski definition) is 2. The van der Waals surface area contributed by atoms with E-state index in [2.05, 4.69) is 23.3 Å². The molecule has 3 aromatic rings. The molecule has 0 bridgehead atoms. The van der Waals surface area contributed by atoms with E-state index < -0.39 is 0 Å². The topological polar surface area (TPSA) is 74.7 Å². The largest absolute Gasteiger partial charge is 0.496 e. The van der Waals surface area contributed by atoms with Crippen LogP contribution in [0.5, 0.6) is 5.75 Å². The molecule has 3 rings (SSSR count). The number of carbonyl (C=O) groups excluding carboxylic acids is 1. The smallest absolute Gasteiger partial charge is 0.324 e. The summed E-state index contributed by atoms with van der Waals surface area (Å²) in [5.41, 5.74) is 2.98. The molecule has 0 saturated carbocycles. The van der Waals surface area contributed by atoms with Crippen molar-refractivity contribution in [2.24, 2.45) is 0 Å². The van der Waals surface area contributed by atoms with Crippen LogP contribution in [0.3, 0.4) is 0 Å². The van der Waals surface area contributed by atoms with Crippen molar-refractivity contribution in [3.8, 4) is 5.75 Å². The number of para-hydroxylation sites is 1. The Kier molecular flexibility index (Phi) is 6.26. The van der Waals surface area contributed by atoms with Crippen LogP contribution < -0.4 is 10.1 Å². The Morgan fingerprint density at radius 3 is 2.85 bits per heavy atom. The minimum absolute atomic E-state index is 0.123. The fraction of sp³-hybridized carbons (Fsp3) is 0.300. The zero-order chi connectivity index (χ0) is 19.2. The van der Waals surface area contributed by atoms with Gasteiger partial charge in [0.15, 0.2) is 5.13 Å². The summed E-state index contributed by atoms with van der Waals surface area (Å²) < 4.78 is 6.40. The van der Waals surface area contributed by atoms with Gasteiger partial charge < -0.3 is 14.7 Å². The van der Waals surface area contributed by atoms with Crippen LogP contribution in [0.1, 0.15) is 18.1 Å². The molecule has 1 aromatic heterocycles. The highest BCUT2D eigenvalue weighted by Crippen LogP contribution is 2.27. The Bertz CT molecular complexity index is 926. The molecule has 0 saturated heterocycles. The first-order valence-electron chi connectivity index (χ1n) is 8.82. The zero-order valence-corrected chi connectivity index (χ0v) is 16.3. The third kappa shape index (κ3) is 4.56.